The number of nitrogens with zero attached hydrogens (tertiary/aromatic N) is 4. The summed E-state index contributed by atoms with van der Waals surface area (Å²) in [6.07, 6.45) is 2.02. The first-order chi connectivity index (χ1) is 18.2. The van der Waals surface area contributed by atoms with Crippen LogP contribution in [0.15, 0.2) is 48.5 Å². The van der Waals surface area contributed by atoms with E-state index in [9.17, 15) is 9.59 Å². The molecule has 3 aromatic rings. The molecule has 0 spiro atoms. The molecule has 0 N–H and O–H groups in total. The van der Waals surface area contributed by atoms with Gasteiger partial charge in [-0.25, -0.2) is 4.68 Å². The van der Waals surface area contributed by atoms with Gasteiger partial charge < -0.3 is 9.64 Å². The van der Waals surface area contributed by atoms with Crippen LogP contribution in [-0.4, -0.2) is 59.0 Å². The Balaban J connectivity index is 1.75. The maximum atomic E-state index is 13.8. The van der Waals surface area contributed by atoms with Gasteiger partial charge in [0, 0.05) is 24.1 Å². The summed E-state index contributed by atoms with van der Waals surface area (Å²) >= 11 is 1.62. The van der Waals surface area contributed by atoms with Crippen molar-refractivity contribution in [2.45, 2.75) is 51.2 Å². The van der Waals surface area contributed by atoms with E-state index in [2.05, 4.69) is 45.9 Å². The minimum absolute atomic E-state index is 0.0122. The molecule has 2 aliphatic rings. The van der Waals surface area contributed by atoms with E-state index in [4.69, 9.17) is 9.84 Å². The molecule has 8 heteroatoms. The number of carbonyl (C=O) groups is 2. The van der Waals surface area contributed by atoms with Crippen LogP contribution < -0.4 is 9.64 Å². The van der Waals surface area contributed by atoms with Crippen molar-refractivity contribution in [3.8, 4) is 11.4 Å². The van der Waals surface area contributed by atoms with Crippen LogP contribution in [0.25, 0.3) is 5.69 Å². The Morgan fingerprint density at radius 3 is 2.39 bits per heavy atom. The first-order valence-corrected chi connectivity index (χ1v) is 14.3. The Morgan fingerprint density at radius 2 is 1.76 bits per heavy atom. The maximum Gasteiger partial charge on any atom is 0.242 e. The summed E-state index contributed by atoms with van der Waals surface area (Å²) in [5.74, 6) is 1.63. The van der Waals surface area contributed by atoms with Crippen molar-refractivity contribution in [3.05, 3.63) is 70.9 Å². The van der Waals surface area contributed by atoms with Gasteiger partial charge in [-0.1, -0.05) is 45.0 Å². The molecule has 2 amide bonds. The zero-order valence-electron chi connectivity index (χ0n) is 22.9. The molecule has 1 aromatic heterocycles. The first kappa shape index (κ1) is 26.4. The molecule has 2 aliphatic heterocycles. The lowest BCUT2D eigenvalue weighted by Crippen LogP contribution is -2.43. The molecular formula is C30H36N4O3S. The van der Waals surface area contributed by atoms with Crippen LogP contribution in [0.3, 0.4) is 0 Å². The van der Waals surface area contributed by atoms with Crippen molar-refractivity contribution in [1.29, 1.82) is 0 Å². The van der Waals surface area contributed by atoms with Gasteiger partial charge in [0.25, 0.3) is 0 Å². The number of anilines is 1. The number of hydrogen-bond donors (Lipinski definition) is 0. The standard InChI is InChI=1S/C30H36N4O3S/c1-20-10-6-7-11-23(20)27-26-28(30(2,3)4)31-34(21-12-14-22(37-5)15-13-21)29(26)33(25(36)19-38-27)18-24(35)32-16-8-9-17-32/h6-7,10-15,27H,8-9,16-19H2,1-5H3. The second kappa shape index (κ2) is 10.5. The molecule has 38 heavy (non-hydrogen) atoms. The largest absolute Gasteiger partial charge is 0.497 e. The van der Waals surface area contributed by atoms with E-state index in [1.54, 1.807) is 23.8 Å². The number of aromatic nitrogens is 2. The summed E-state index contributed by atoms with van der Waals surface area (Å²) in [5.41, 5.74) is 4.80. The minimum Gasteiger partial charge on any atom is -0.497 e. The second-order valence-electron chi connectivity index (χ2n) is 11.1. The van der Waals surface area contributed by atoms with Crippen LogP contribution in [0.1, 0.15) is 61.2 Å². The van der Waals surface area contributed by atoms with E-state index >= 15 is 0 Å². The summed E-state index contributed by atoms with van der Waals surface area (Å²) in [7, 11) is 1.64. The van der Waals surface area contributed by atoms with Crippen molar-refractivity contribution < 1.29 is 14.3 Å². The number of methoxy groups -OCH3 is 1. The molecule has 1 fully saturated rings. The third-order valence-corrected chi connectivity index (χ3v) is 8.58. The first-order valence-electron chi connectivity index (χ1n) is 13.2. The fourth-order valence-corrected chi connectivity index (χ4v) is 6.60. The van der Waals surface area contributed by atoms with E-state index < -0.39 is 0 Å². The van der Waals surface area contributed by atoms with Gasteiger partial charge in [-0.15, -0.1) is 11.8 Å². The monoisotopic (exact) mass is 532 g/mol. The van der Waals surface area contributed by atoms with Crippen molar-refractivity contribution >= 4 is 29.4 Å². The zero-order chi connectivity index (χ0) is 27.0. The third kappa shape index (κ3) is 4.94. The molecule has 1 saturated heterocycles. The van der Waals surface area contributed by atoms with Crippen molar-refractivity contribution in [2.24, 2.45) is 0 Å². The lowest BCUT2D eigenvalue weighted by molar-refractivity contribution is -0.130. The number of carbonyl (C=O) groups excluding carboxylic acids is 2. The van der Waals surface area contributed by atoms with Gasteiger partial charge in [-0.2, -0.15) is 5.10 Å². The highest BCUT2D eigenvalue weighted by Crippen LogP contribution is 2.49. The topological polar surface area (TPSA) is 67.7 Å². The summed E-state index contributed by atoms with van der Waals surface area (Å²) in [4.78, 5) is 30.8. The summed E-state index contributed by atoms with van der Waals surface area (Å²) in [6.45, 7) is 10.1. The number of benzene rings is 2. The Hall–Kier alpha value is -3.26. The Labute approximate surface area is 229 Å². The molecule has 5 rings (SSSR count). The van der Waals surface area contributed by atoms with Gasteiger partial charge in [0.15, 0.2) is 0 Å². The van der Waals surface area contributed by atoms with Crippen molar-refractivity contribution in [3.63, 3.8) is 0 Å². The van der Waals surface area contributed by atoms with Gasteiger partial charge in [0.2, 0.25) is 11.8 Å². The average Bonchev–Trinajstić information content (AvgIpc) is 3.55. The summed E-state index contributed by atoms with van der Waals surface area (Å²) in [5, 5.41) is 5.07. The number of likely N-dealkylation sites (tertiary alicyclic amines) is 1. The number of thioether (sulfide) groups is 1. The highest BCUT2D eigenvalue weighted by atomic mass is 32.2. The van der Waals surface area contributed by atoms with E-state index in [1.165, 1.54) is 11.1 Å². The predicted octanol–water partition coefficient (Wildman–Crippen LogP) is 5.28. The maximum absolute atomic E-state index is 13.8. The number of rotatable bonds is 5. The Kier molecular flexibility index (Phi) is 7.27. The molecule has 0 aliphatic carbocycles. The molecule has 0 radical (unpaired) electrons. The van der Waals surface area contributed by atoms with Crippen molar-refractivity contribution in [1.82, 2.24) is 14.7 Å². The van der Waals surface area contributed by atoms with Crippen LogP contribution in [0.5, 0.6) is 5.75 Å². The van der Waals surface area contributed by atoms with Gasteiger partial charge in [0.05, 0.1) is 29.5 Å². The van der Waals surface area contributed by atoms with Gasteiger partial charge in [-0.3, -0.25) is 14.5 Å². The van der Waals surface area contributed by atoms with Crippen LogP contribution in [0.4, 0.5) is 5.82 Å². The molecular weight excluding hydrogens is 496 g/mol. The molecule has 1 atom stereocenters. The van der Waals surface area contributed by atoms with Crippen LogP contribution in [0.2, 0.25) is 0 Å². The normalized spacial score (nSPS) is 17.9. The van der Waals surface area contributed by atoms with Gasteiger partial charge >= 0.3 is 0 Å². The van der Waals surface area contributed by atoms with Crippen LogP contribution in [-0.2, 0) is 15.0 Å². The lowest BCUT2D eigenvalue weighted by Gasteiger charge is -2.26. The summed E-state index contributed by atoms with van der Waals surface area (Å²) < 4.78 is 7.25. The molecule has 2 aromatic carbocycles. The highest BCUT2D eigenvalue weighted by molar-refractivity contribution is 8.00. The number of hydrogen-bond acceptors (Lipinski definition) is 5. The minimum atomic E-state index is -0.290. The van der Waals surface area contributed by atoms with Crippen molar-refractivity contribution in [2.75, 3.05) is 37.4 Å². The number of aryl methyl sites for hydroxylation is 1. The fourth-order valence-electron chi connectivity index (χ4n) is 5.30. The zero-order valence-corrected chi connectivity index (χ0v) is 23.7. The second-order valence-corrected chi connectivity index (χ2v) is 12.2. The summed E-state index contributed by atoms with van der Waals surface area (Å²) in [6, 6.07) is 16.0. The SMILES string of the molecule is COc1ccc(-n2nc(C(C)(C)C)c3c2N(CC(=O)N2CCCC2)C(=O)CSC3c2ccccc2C)cc1. The van der Waals surface area contributed by atoms with Crippen LogP contribution in [0, 0.1) is 6.92 Å². The van der Waals surface area contributed by atoms with Crippen LogP contribution >= 0.6 is 11.8 Å². The average molecular weight is 533 g/mol. The lowest BCUT2D eigenvalue weighted by atomic mass is 9.86. The predicted molar refractivity (Wildman–Crippen MR) is 152 cm³/mol. The fraction of sp³-hybridized carbons (Fsp3) is 0.433. The Morgan fingerprint density at radius 1 is 1.08 bits per heavy atom. The highest BCUT2D eigenvalue weighted by Gasteiger charge is 2.40. The molecule has 0 saturated carbocycles. The number of fused-ring (bicyclic) bond motifs is 1. The smallest absolute Gasteiger partial charge is 0.242 e. The van der Waals surface area contributed by atoms with E-state index in [0.717, 1.165) is 48.6 Å². The van der Waals surface area contributed by atoms with E-state index in [-0.39, 0.29) is 34.8 Å². The molecule has 0 bridgehead atoms. The van der Waals surface area contributed by atoms with E-state index in [1.807, 2.05) is 39.9 Å². The van der Waals surface area contributed by atoms with Gasteiger partial charge in [-0.05, 0) is 55.2 Å². The number of ether oxygens (including phenoxy) is 1. The molecule has 3 heterocycles. The molecule has 7 nitrogen and oxygen atoms in total. The number of amides is 2. The molecule has 1 unspecified atom stereocenters. The Bertz CT molecular complexity index is 1340. The quantitative estimate of drug-likeness (QED) is 0.447. The molecule has 200 valence electrons. The van der Waals surface area contributed by atoms with Gasteiger partial charge in [0.1, 0.15) is 18.1 Å². The van der Waals surface area contributed by atoms with E-state index in [0.29, 0.717) is 5.82 Å². The third-order valence-electron chi connectivity index (χ3n) is 7.34.